The number of benzene rings is 1. The monoisotopic (exact) mass is 516 g/mol. The zero-order chi connectivity index (χ0) is 26.1. The minimum absolute atomic E-state index is 0.0193. The molecular formula is C26H32N2O9. The van der Waals surface area contributed by atoms with E-state index in [1.807, 2.05) is 31.2 Å². The molecule has 200 valence electrons. The number of amides is 1. The largest absolute Gasteiger partial charge is 0.497 e. The molecule has 5 aliphatic rings. The van der Waals surface area contributed by atoms with Gasteiger partial charge in [-0.1, -0.05) is 18.2 Å². The molecule has 3 saturated heterocycles. The molecule has 11 heteroatoms. The normalized spacial score (nSPS) is 42.8. The molecule has 11 nitrogen and oxygen atoms in total. The molecule has 0 unspecified atom stereocenters. The smallest absolute Gasteiger partial charge is 0.339 e. The van der Waals surface area contributed by atoms with E-state index in [-0.39, 0.29) is 35.5 Å². The third kappa shape index (κ3) is 3.63. The number of nitrogens with one attached hydrogen (secondary N) is 1. The number of para-hydroxylation sites is 1. The molecule has 1 aromatic carbocycles. The van der Waals surface area contributed by atoms with Gasteiger partial charge in [-0.05, 0) is 37.9 Å². The summed E-state index contributed by atoms with van der Waals surface area (Å²) in [5.74, 6) is -1.08. The predicted octanol–water partition coefficient (Wildman–Crippen LogP) is -0.767. The highest BCUT2D eigenvalue weighted by atomic mass is 16.7. The Hall–Kier alpha value is -2.54. The number of hydrogen-bond acceptors (Lipinski definition) is 10. The molecule has 5 heterocycles. The van der Waals surface area contributed by atoms with Crippen LogP contribution in [0.2, 0.25) is 0 Å². The minimum atomic E-state index is -1.69. The van der Waals surface area contributed by atoms with Crippen LogP contribution < -0.4 is 5.32 Å². The molecule has 5 N–H and O–H groups in total. The topological polar surface area (TPSA) is 158 Å². The van der Waals surface area contributed by atoms with E-state index < -0.39 is 48.7 Å². The van der Waals surface area contributed by atoms with Crippen LogP contribution in [-0.4, -0.2) is 99.8 Å². The lowest BCUT2D eigenvalue weighted by atomic mass is 9.66. The Kier molecular flexibility index (Phi) is 6.05. The number of hydrogen-bond donors (Lipinski definition) is 5. The molecule has 0 aliphatic carbocycles. The Labute approximate surface area is 213 Å². The number of ether oxygens (including phenoxy) is 3. The van der Waals surface area contributed by atoms with Gasteiger partial charge in [-0.25, -0.2) is 4.79 Å². The average Bonchev–Trinajstić information content (AvgIpc) is 3.41. The number of esters is 1. The summed E-state index contributed by atoms with van der Waals surface area (Å²) in [5, 5.41) is 42.9. The molecule has 10 atom stereocenters. The van der Waals surface area contributed by atoms with Crippen molar-refractivity contribution in [3.8, 4) is 0 Å². The van der Waals surface area contributed by atoms with Gasteiger partial charge in [-0.2, -0.15) is 0 Å². The standard InChI is InChI=1S/C26H32N2O9/c1-12-14-9-28-7-6-26(16-4-2-3-5-17(16)27-25(26)34)19(28)8-13(14)15(11-35-12)23(33)37-24-22(32)21(31)20(30)18(10-29)36-24/h2-5,11-14,18-22,24,29-32H,6-10H2,1H3,(H,27,34)/t12-,13+,14+,18-,19+,20-,21+,22-,24-,26+/m1/s1. The maximum Gasteiger partial charge on any atom is 0.339 e. The van der Waals surface area contributed by atoms with Gasteiger partial charge in [0.05, 0.1) is 30.0 Å². The number of aliphatic hydroxyl groups is 4. The van der Waals surface area contributed by atoms with Crippen LogP contribution in [0.15, 0.2) is 36.1 Å². The van der Waals surface area contributed by atoms with Crippen molar-refractivity contribution in [3.05, 3.63) is 41.7 Å². The van der Waals surface area contributed by atoms with Crippen molar-refractivity contribution >= 4 is 17.6 Å². The third-order valence-corrected chi connectivity index (χ3v) is 9.02. The van der Waals surface area contributed by atoms with Gasteiger partial charge in [-0.15, -0.1) is 0 Å². The lowest BCUT2D eigenvalue weighted by Crippen LogP contribution is -2.60. The molecule has 0 saturated carbocycles. The van der Waals surface area contributed by atoms with Gasteiger partial charge >= 0.3 is 5.97 Å². The Morgan fingerprint density at radius 3 is 2.78 bits per heavy atom. The van der Waals surface area contributed by atoms with Gasteiger partial charge in [0.1, 0.15) is 24.4 Å². The number of carbonyl (C=O) groups is 2. The van der Waals surface area contributed by atoms with Crippen molar-refractivity contribution < 1.29 is 44.2 Å². The molecule has 3 fully saturated rings. The first-order valence-electron chi connectivity index (χ1n) is 12.8. The fraction of sp³-hybridized carbons (Fsp3) is 0.615. The second kappa shape index (κ2) is 9.04. The first kappa shape index (κ1) is 24.8. The summed E-state index contributed by atoms with van der Waals surface area (Å²) < 4.78 is 16.6. The van der Waals surface area contributed by atoms with Crippen LogP contribution in [0.4, 0.5) is 5.69 Å². The number of nitrogens with zero attached hydrogens (tertiary/aromatic N) is 1. The van der Waals surface area contributed by atoms with Crippen LogP contribution in [0, 0.1) is 11.8 Å². The van der Waals surface area contributed by atoms with E-state index in [9.17, 15) is 30.0 Å². The molecule has 1 amide bonds. The summed E-state index contributed by atoms with van der Waals surface area (Å²) in [6, 6.07) is 7.63. The second-order valence-electron chi connectivity index (χ2n) is 10.8. The highest BCUT2D eigenvalue weighted by molar-refractivity contribution is 6.07. The highest BCUT2D eigenvalue weighted by Gasteiger charge is 2.61. The fourth-order valence-corrected chi connectivity index (χ4v) is 6.99. The van der Waals surface area contributed by atoms with E-state index in [0.29, 0.717) is 19.4 Å². The molecule has 1 aromatic rings. The van der Waals surface area contributed by atoms with Crippen molar-refractivity contribution in [3.63, 3.8) is 0 Å². The number of fused-ring (bicyclic) bond motifs is 5. The Morgan fingerprint density at radius 1 is 1.22 bits per heavy atom. The van der Waals surface area contributed by atoms with Crippen molar-refractivity contribution in [1.82, 2.24) is 4.90 Å². The summed E-state index contributed by atoms with van der Waals surface area (Å²) in [4.78, 5) is 29.1. The molecule has 1 spiro atoms. The van der Waals surface area contributed by atoms with Crippen LogP contribution in [0.25, 0.3) is 0 Å². The number of rotatable bonds is 3. The van der Waals surface area contributed by atoms with Crippen LogP contribution in [0.1, 0.15) is 25.3 Å². The summed E-state index contributed by atoms with van der Waals surface area (Å²) in [6.45, 7) is 2.74. The maximum absolute atomic E-state index is 13.4. The first-order valence-corrected chi connectivity index (χ1v) is 12.8. The van der Waals surface area contributed by atoms with Crippen molar-refractivity contribution in [2.24, 2.45) is 11.8 Å². The fourth-order valence-electron chi connectivity index (χ4n) is 6.99. The van der Waals surface area contributed by atoms with E-state index in [1.165, 1.54) is 6.26 Å². The molecule has 0 bridgehead atoms. The zero-order valence-electron chi connectivity index (χ0n) is 20.4. The molecule has 5 aliphatic heterocycles. The van der Waals surface area contributed by atoms with Crippen LogP contribution in [0.3, 0.4) is 0 Å². The molecule has 6 rings (SSSR count). The zero-order valence-corrected chi connectivity index (χ0v) is 20.4. The Morgan fingerprint density at radius 2 is 2.00 bits per heavy atom. The lowest BCUT2D eigenvalue weighted by Gasteiger charge is -2.48. The minimum Gasteiger partial charge on any atom is -0.497 e. The van der Waals surface area contributed by atoms with Crippen LogP contribution in [-0.2, 0) is 29.2 Å². The van der Waals surface area contributed by atoms with E-state index in [0.717, 1.165) is 17.8 Å². The Balaban J connectivity index is 1.26. The Bertz CT molecular complexity index is 1130. The molecular weight excluding hydrogens is 484 g/mol. The summed E-state index contributed by atoms with van der Waals surface area (Å²) in [5.41, 5.74) is 1.39. The van der Waals surface area contributed by atoms with Crippen molar-refractivity contribution in [1.29, 1.82) is 0 Å². The summed E-state index contributed by atoms with van der Waals surface area (Å²) >= 11 is 0. The average molecular weight is 517 g/mol. The van der Waals surface area contributed by atoms with Crippen molar-refractivity contribution in [2.45, 2.75) is 68.0 Å². The van der Waals surface area contributed by atoms with Gasteiger partial charge in [-0.3, -0.25) is 9.69 Å². The summed E-state index contributed by atoms with van der Waals surface area (Å²) in [7, 11) is 0. The molecule has 0 aromatic heterocycles. The van der Waals surface area contributed by atoms with Gasteiger partial charge in [0.2, 0.25) is 12.2 Å². The highest BCUT2D eigenvalue weighted by Crippen LogP contribution is 2.54. The quantitative estimate of drug-likeness (QED) is 0.323. The van der Waals surface area contributed by atoms with Crippen LogP contribution >= 0.6 is 0 Å². The van der Waals surface area contributed by atoms with Gasteiger partial charge < -0.3 is 40.0 Å². The van der Waals surface area contributed by atoms with Gasteiger partial charge in [0, 0.05) is 30.1 Å². The van der Waals surface area contributed by atoms with E-state index in [1.54, 1.807) is 0 Å². The number of aliphatic hydroxyl groups excluding tert-OH is 4. The van der Waals surface area contributed by atoms with Gasteiger partial charge in [0.15, 0.2) is 0 Å². The number of anilines is 1. The van der Waals surface area contributed by atoms with E-state index in [4.69, 9.17) is 14.2 Å². The third-order valence-electron chi connectivity index (χ3n) is 9.02. The van der Waals surface area contributed by atoms with E-state index in [2.05, 4.69) is 10.2 Å². The van der Waals surface area contributed by atoms with Gasteiger partial charge in [0.25, 0.3) is 0 Å². The van der Waals surface area contributed by atoms with E-state index >= 15 is 0 Å². The molecule has 37 heavy (non-hydrogen) atoms. The maximum atomic E-state index is 13.4. The lowest BCUT2D eigenvalue weighted by molar-refractivity contribution is -0.291. The second-order valence-corrected chi connectivity index (χ2v) is 10.8. The SMILES string of the molecule is C[C@H]1OC=C(C(=O)O[C@H]2O[C@H](CO)[C@@H](O)[C@H](O)[C@H]2O)[C@H]2C[C@@H]3N(CC[C@@]34C(=O)Nc3ccccc34)C[C@H]21. The molecule has 0 radical (unpaired) electrons. The van der Waals surface area contributed by atoms with Crippen LogP contribution in [0.5, 0.6) is 0 Å². The predicted molar refractivity (Wildman–Crippen MR) is 127 cm³/mol. The summed E-state index contributed by atoms with van der Waals surface area (Å²) in [6.07, 6.45) is -5.22. The first-order chi connectivity index (χ1) is 17.8. The van der Waals surface area contributed by atoms with Crippen molar-refractivity contribution in [2.75, 3.05) is 25.0 Å². The number of carbonyl (C=O) groups excluding carboxylic acids is 2. The number of piperidine rings is 1.